The van der Waals surface area contributed by atoms with E-state index in [9.17, 15) is 4.79 Å². The Bertz CT molecular complexity index is 548. The van der Waals surface area contributed by atoms with Gasteiger partial charge in [-0.3, -0.25) is 4.79 Å². The third-order valence-corrected chi connectivity index (χ3v) is 3.52. The molecule has 0 saturated heterocycles. The van der Waals surface area contributed by atoms with Crippen LogP contribution in [-0.4, -0.2) is 17.9 Å². The lowest BCUT2D eigenvalue weighted by Gasteiger charge is -2.03. The van der Waals surface area contributed by atoms with Crippen molar-refractivity contribution in [1.29, 1.82) is 0 Å². The Kier molecular flexibility index (Phi) is 4.10. The van der Waals surface area contributed by atoms with Crippen LogP contribution in [0.3, 0.4) is 0 Å². The van der Waals surface area contributed by atoms with Gasteiger partial charge in [0.05, 0.1) is 13.5 Å². The Balaban J connectivity index is 1.98. The van der Waals surface area contributed by atoms with E-state index in [2.05, 4.69) is 4.98 Å². The van der Waals surface area contributed by atoms with Crippen molar-refractivity contribution in [3.63, 3.8) is 0 Å². The number of thiazole rings is 1. The van der Waals surface area contributed by atoms with Gasteiger partial charge in [-0.05, 0) is 24.6 Å². The third kappa shape index (κ3) is 3.40. The average molecular weight is 261 g/mol. The summed E-state index contributed by atoms with van der Waals surface area (Å²) in [5, 5.41) is 2.86. The van der Waals surface area contributed by atoms with Gasteiger partial charge >= 0.3 is 0 Å². The van der Waals surface area contributed by atoms with E-state index in [1.807, 2.05) is 36.6 Å². The fourth-order valence-corrected chi connectivity index (χ4v) is 2.53. The van der Waals surface area contributed by atoms with Crippen molar-refractivity contribution in [2.45, 2.75) is 19.8 Å². The van der Waals surface area contributed by atoms with Crippen LogP contribution in [-0.2, 0) is 17.6 Å². The highest BCUT2D eigenvalue weighted by molar-refractivity contribution is 7.09. The second kappa shape index (κ2) is 5.78. The number of hydrogen-bond acceptors (Lipinski definition) is 4. The summed E-state index contributed by atoms with van der Waals surface area (Å²) in [6.07, 6.45) is 0.839. The Labute approximate surface area is 110 Å². The second-order valence-electron chi connectivity index (χ2n) is 4.13. The molecule has 0 aliphatic carbocycles. The van der Waals surface area contributed by atoms with Gasteiger partial charge in [0.2, 0.25) is 0 Å². The first kappa shape index (κ1) is 12.8. The molecule has 0 bridgehead atoms. The molecule has 1 heterocycles. The fourth-order valence-electron chi connectivity index (χ4n) is 1.73. The summed E-state index contributed by atoms with van der Waals surface area (Å²) in [6, 6.07) is 7.60. The zero-order valence-electron chi connectivity index (χ0n) is 10.5. The molecule has 94 valence electrons. The number of ether oxygens (including phenoxy) is 1. The summed E-state index contributed by atoms with van der Waals surface area (Å²) >= 11 is 1.54. The molecular weight excluding hydrogens is 246 g/mol. The largest absolute Gasteiger partial charge is 0.497 e. The number of aryl methyl sites for hydroxylation is 1. The molecule has 0 saturated carbocycles. The molecule has 0 aliphatic rings. The molecule has 0 N–H and O–H groups in total. The van der Waals surface area contributed by atoms with Crippen molar-refractivity contribution in [3.05, 3.63) is 45.9 Å². The number of nitrogens with zero attached hydrogens (tertiary/aromatic N) is 1. The molecule has 1 aromatic carbocycles. The molecule has 3 nitrogen and oxygen atoms in total. The average Bonchev–Trinajstić information content (AvgIpc) is 2.74. The Morgan fingerprint density at radius 3 is 2.89 bits per heavy atom. The number of methoxy groups -OCH3 is 1. The standard InChI is InChI=1S/C14H15NO2S/c1-10-9-18-14(15-10)8-12(16)6-11-4-3-5-13(7-11)17-2/h3-5,7,9H,6,8H2,1-2H3. The summed E-state index contributed by atoms with van der Waals surface area (Å²) in [7, 11) is 1.62. The first-order valence-corrected chi connectivity index (χ1v) is 6.61. The van der Waals surface area contributed by atoms with E-state index in [-0.39, 0.29) is 5.78 Å². The number of benzene rings is 1. The zero-order chi connectivity index (χ0) is 13.0. The maximum absolute atomic E-state index is 11.9. The van der Waals surface area contributed by atoms with Gasteiger partial charge in [-0.15, -0.1) is 11.3 Å². The predicted octanol–water partition coefficient (Wildman–Crippen LogP) is 2.81. The van der Waals surface area contributed by atoms with Crippen LogP contribution < -0.4 is 4.74 Å². The molecular formula is C14H15NO2S. The molecule has 0 radical (unpaired) electrons. The fraction of sp³-hybridized carbons (Fsp3) is 0.286. The van der Waals surface area contributed by atoms with Crippen molar-refractivity contribution in [3.8, 4) is 5.75 Å². The number of carbonyl (C=O) groups excluding carboxylic acids is 1. The summed E-state index contributed by atoms with van der Waals surface area (Å²) in [5.74, 6) is 0.961. The van der Waals surface area contributed by atoms with Crippen LogP contribution in [0.5, 0.6) is 5.75 Å². The van der Waals surface area contributed by atoms with Gasteiger partial charge in [0, 0.05) is 17.5 Å². The van der Waals surface area contributed by atoms with Crippen LogP contribution in [0.1, 0.15) is 16.3 Å². The van der Waals surface area contributed by atoms with Crippen LogP contribution in [0.15, 0.2) is 29.6 Å². The lowest BCUT2D eigenvalue weighted by molar-refractivity contribution is -0.117. The van der Waals surface area contributed by atoms with E-state index in [4.69, 9.17) is 4.74 Å². The van der Waals surface area contributed by atoms with Crippen LogP contribution in [0, 0.1) is 6.92 Å². The van der Waals surface area contributed by atoms with Crippen LogP contribution in [0.2, 0.25) is 0 Å². The topological polar surface area (TPSA) is 39.2 Å². The van der Waals surface area contributed by atoms with Gasteiger partial charge in [0.15, 0.2) is 0 Å². The molecule has 0 amide bonds. The van der Waals surface area contributed by atoms with Crippen LogP contribution in [0.4, 0.5) is 0 Å². The molecule has 2 rings (SSSR count). The highest BCUT2D eigenvalue weighted by Gasteiger charge is 2.08. The second-order valence-corrected chi connectivity index (χ2v) is 5.07. The van der Waals surface area contributed by atoms with Crippen LogP contribution >= 0.6 is 11.3 Å². The molecule has 18 heavy (non-hydrogen) atoms. The lowest BCUT2D eigenvalue weighted by atomic mass is 10.1. The van der Waals surface area contributed by atoms with Crippen molar-refractivity contribution in [2.75, 3.05) is 7.11 Å². The third-order valence-electron chi connectivity index (χ3n) is 2.55. The van der Waals surface area contributed by atoms with Gasteiger partial charge in [-0.1, -0.05) is 12.1 Å². The Morgan fingerprint density at radius 2 is 2.22 bits per heavy atom. The van der Waals surface area contributed by atoms with Gasteiger partial charge in [0.25, 0.3) is 0 Å². The van der Waals surface area contributed by atoms with E-state index < -0.39 is 0 Å². The van der Waals surface area contributed by atoms with Crippen molar-refractivity contribution in [2.24, 2.45) is 0 Å². The monoisotopic (exact) mass is 261 g/mol. The minimum atomic E-state index is 0.178. The van der Waals surface area contributed by atoms with Gasteiger partial charge in [0.1, 0.15) is 16.5 Å². The molecule has 0 fully saturated rings. The number of aromatic nitrogens is 1. The first-order chi connectivity index (χ1) is 8.67. The number of ketones is 1. The lowest BCUT2D eigenvalue weighted by Crippen LogP contribution is -2.06. The molecule has 2 aromatic rings. The highest BCUT2D eigenvalue weighted by Crippen LogP contribution is 2.15. The van der Waals surface area contributed by atoms with Crippen molar-refractivity contribution in [1.82, 2.24) is 4.98 Å². The van der Waals surface area contributed by atoms with Crippen molar-refractivity contribution < 1.29 is 9.53 Å². The Hall–Kier alpha value is -1.68. The summed E-state index contributed by atoms with van der Waals surface area (Å²) in [5.41, 5.74) is 1.96. The normalized spacial score (nSPS) is 10.3. The molecule has 0 atom stereocenters. The maximum atomic E-state index is 11.9. The van der Waals surface area contributed by atoms with Gasteiger partial charge in [-0.2, -0.15) is 0 Å². The van der Waals surface area contributed by atoms with Crippen molar-refractivity contribution >= 4 is 17.1 Å². The number of rotatable bonds is 5. The minimum absolute atomic E-state index is 0.178. The van der Waals surface area contributed by atoms with E-state index in [0.29, 0.717) is 12.8 Å². The number of Topliss-reactive ketones (excluding diaryl/α,β-unsaturated/α-hetero) is 1. The van der Waals surface area contributed by atoms with E-state index in [0.717, 1.165) is 22.0 Å². The van der Waals surface area contributed by atoms with Gasteiger partial charge < -0.3 is 4.74 Å². The highest BCUT2D eigenvalue weighted by atomic mass is 32.1. The summed E-state index contributed by atoms with van der Waals surface area (Å²) in [6.45, 7) is 1.94. The summed E-state index contributed by atoms with van der Waals surface area (Å²) < 4.78 is 5.14. The minimum Gasteiger partial charge on any atom is -0.497 e. The smallest absolute Gasteiger partial charge is 0.144 e. The molecule has 0 aliphatic heterocycles. The maximum Gasteiger partial charge on any atom is 0.144 e. The predicted molar refractivity (Wildman–Crippen MR) is 72.3 cm³/mol. The zero-order valence-corrected chi connectivity index (χ0v) is 11.3. The molecule has 0 unspecified atom stereocenters. The number of carbonyl (C=O) groups is 1. The molecule has 0 spiro atoms. The number of hydrogen-bond donors (Lipinski definition) is 0. The molecule has 1 aromatic heterocycles. The Morgan fingerprint density at radius 1 is 1.39 bits per heavy atom. The van der Waals surface area contributed by atoms with E-state index in [1.165, 1.54) is 11.3 Å². The van der Waals surface area contributed by atoms with Gasteiger partial charge in [-0.25, -0.2) is 4.98 Å². The first-order valence-electron chi connectivity index (χ1n) is 5.73. The van der Waals surface area contributed by atoms with E-state index >= 15 is 0 Å². The van der Waals surface area contributed by atoms with Crippen LogP contribution in [0.25, 0.3) is 0 Å². The molecule has 4 heteroatoms. The quantitative estimate of drug-likeness (QED) is 0.830. The summed E-state index contributed by atoms with van der Waals surface area (Å²) in [4.78, 5) is 16.2. The van der Waals surface area contributed by atoms with E-state index in [1.54, 1.807) is 7.11 Å². The SMILES string of the molecule is COc1cccc(CC(=O)Cc2nc(C)cs2)c1.